The van der Waals surface area contributed by atoms with Crippen LogP contribution in [-0.2, 0) is 14.3 Å². The van der Waals surface area contributed by atoms with Gasteiger partial charge in [-0.15, -0.1) is 0 Å². The number of likely N-dealkylation sites (N-methyl/N-ethyl adjacent to an activating group) is 1. The summed E-state index contributed by atoms with van der Waals surface area (Å²) >= 11 is 0. The summed E-state index contributed by atoms with van der Waals surface area (Å²) < 4.78 is 4.94. The minimum Gasteiger partial charge on any atom is -0.463 e. The van der Waals surface area contributed by atoms with Gasteiger partial charge in [0.2, 0.25) is 5.91 Å². The van der Waals surface area contributed by atoms with Gasteiger partial charge in [0, 0.05) is 19.3 Å². The van der Waals surface area contributed by atoms with Gasteiger partial charge in [-0.2, -0.15) is 5.10 Å². The molecular formula is C13H21N3O3. The van der Waals surface area contributed by atoms with Gasteiger partial charge in [-0.1, -0.05) is 13.8 Å². The summed E-state index contributed by atoms with van der Waals surface area (Å²) in [4.78, 5) is 23.2. The molecule has 1 N–H and O–H groups in total. The number of hydrazone groups is 1. The number of amides is 1. The van der Waals surface area contributed by atoms with E-state index in [1.54, 1.807) is 18.1 Å². The van der Waals surface area contributed by atoms with Crippen molar-refractivity contribution in [2.75, 3.05) is 20.2 Å². The largest absolute Gasteiger partial charge is 0.463 e. The van der Waals surface area contributed by atoms with Gasteiger partial charge < -0.3 is 10.1 Å². The lowest BCUT2D eigenvalue weighted by atomic mass is 9.88. The molecule has 0 radical (unpaired) electrons. The van der Waals surface area contributed by atoms with Gasteiger partial charge in [0.1, 0.15) is 0 Å². The number of hydrogen-bond acceptors (Lipinski definition) is 5. The molecule has 0 aromatic rings. The van der Waals surface area contributed by atoms with Crippen molar-refractivity contribution in [2.24, 2.45) is 11.0 Å². The van der Waals surface area contributed by atoms with Crippen molar-refractivity contribution in [2.45, 2.75) is 26.8 Å². The highest BCUT2D eigenvalue weighted by Gasteiger charge is 2.36. The molecule has 0 aromatic heterocycles. The predicted molar refractivity (Wildman–Crippen MR) is 72.6 cm³/mol. The fraction of sp³-hybridized carbons (Fsp3) is 0.615. The third-order valence-corrected chi connectivity index (χ3v) is 2.80. The molecule has 2 atom stereocenters. The number of nitrogens with one attached hydrogen (secondary N) is 1. The second-order valence-electron chi connectivity index (χ2n) is 4.07. The SMILES string of the molecule is CC.CCOC(=O)C1=CC(=O)NC2CN(C)N=CC12. The number of rotatable bonds is 2. The van der Waals surface area contributed by atoms with Crippen LogP contribution in [0.4, 0.5) is 0 Å². The summed E-state index contributed by atoms with van der Waals surface area (Å²) in [7, 11) is 1.82. The van der Waals surface area contributed by atoms with E-state index in [0.717, 1.165) is 0 Å². The first-order valence-corrected chi connectivity index (χ1v) is 6.56. The number of nitrogens with zero attached hydrogens (tertiary/aromatic N) is 2. The molecule has 2 aliphatic heterocycles. The predicted octanol–water partition coefficient (Wildman–Crippen LogP) is 0.548. The van der Waals surface area contributed by atoms with Crippen LogP contribution in [0, 0.1) is 5.92 Å². The topological polar surface area (TPSA) is 71.0 Å². The first-order valence-electron chi connectivity index (χ1n) is 6.56. The van der Waals surface area contributed by atoms with Crippen molar-refractivity contribution >= 4 is 18.1 Å². The maximum absolute atomic E-state index is 11.7. The number of hydrogen-bond donors (Lipinski definition) is 1. The van der Waals surface area contributed by atoms with E-state index in [9.17, 15) is 9.59 Å². The van der Waals surface area contributed by atoms with E-state index >= 15 is 0 Å². The number of ether oxygens (including phenoxy) is 1. The molecule has 0 bridgehead atoms. The molecule has 19 heavy (non-hydrogen) atoms. The Morgan fingerprint density at radius 1 is 1.58 bits per heavy atom. The molecule has 0 saturated heterocycles. The fourth-order valence-electron chi connectivity index (χ4n) is 2.04. The van der Waals surface area contributed by atoms with Gasteiger partial charge >= 0.3 is 5.97 Å². The summed E-state index contributed by atoms with van der Waals surface area (Å²) in [5.74, 6) is -0.880. The first kappa shape index (κ1) is 15.2. The summed E-state index contributed by atoms with van der Waals surface area (Å²) in [6.45, 7) is 6.62. The third kappa shape index (κ3) is 3.56. The van der Waals surface area contributed by atoms with Gasteiger partial charge in [0.25, 0.3) is 0 Å². The normalized spacial score (nSPS) is 24.5. The summed E-state index contributed by atoms with van der Waals surface area (Å²) in [6.07, 6.45) is 2.98. The Morgan fingerprint density at radius 3 is 2.89 bits per heavy atom. The van der Waals surface area contributed by atoms with Crippen LogP contribution in [0.25, 0.3) is 0 Å². The van der Waals surface area contributed by atoms with Crippen LogP contribution in [0.2, 0.25) is 0 Å². The maximum atomic E-state index is 11.7. The van der Waals surface area contributed by atoms with Gasteiger partial charge in [0.15, 0.2) is 0 Å². The number of fused-ring (bicyclic) bond motifs is 1. The molecule has 6 heteroatoms. The van der Waals surface area contributed by atoms with E-state index in [1.165, 1.54) is 6.08 Å². The third-order valence-electron chi connectivity index (χ3n) is 2.80. The number of carbonyl (C=O) groups is 2. The second kappa shape index (κ2) is 6.92. The second-order valence-corrected chi connectivity index (χ2v) is 4.07. The van der Waals surface area contributed by atoms with Crippen molar-refractivity contribution < 1.29 is 14.3 Å². The van der Waals surface area contributed by atoms with Crippen molar-refractivity contribution in [3.8, 4) is 0 Å². The van der Waals surface area contributed by atoms with E-state index in [1.807, 2.05) is 20.9 Å². The van der Waals surface area contributed by atoms with Crippen molar-refractivity contribution in [1.82, 2.24) is 10.3 Å². The Bertz CT molecular complexity index is 404. The van der Waals surface area contributed by atoms with Crippen LogP contribution >= 0.6 is 0 Å². The van der Waals surface area contributed by atoms with Gasteiger partial charge in [-0.05, 0) is 6.92 Å². The Balaban J connectivity index is 0.000000861. The molecule has 2 rings (SSSR count). The Kier molecular flexibility index (Phi) is 5.54. The van der Waals surface area contributed by atoms with Gasteiger partial charge in [0.05, 0.1) is 30.7 Å². The average Bonchev–Trinajstić information content (AvgIpc) is 2.39. The zero-order valence-electron chi connectivity index (χ0n) is 11.8. The molecule has 2 unspecified atom stereocenters. The molecule has 0 aliphatic carbocycles. The minimum absolute atomic E-state index is 0.116. The maximum Gasteiger partial charge on any atom is 0.334 e. The van der Waals surface area contributed by atoms with E-state index in [4.69, 9.17) is 4.74 Å². The quantitative estimate of drug-likeness (QED) is 0.742. The lowest BCUT2D eigenvalue weighted by Gasteiger charge is -2.35. The monoisotopic (exact) mass is 267 g/mol. The Morgan fingerprint density at radius 2 is 2.26 bits per heavy atom. The molecule has 0 fully saturated rings. The van der Waals surface area contributed by atoms with Crippen LogP contribution in [0.3, 0.4) is 0 Å². The molecule has 6 nitrogen and oxygen atoms in total. The molecule has 106 valence electrons. The van der Waals surface area contributed by atoms with Crippen LogP contribution in [0.15, 0.2) is 16.8 Å². The first-order chi connectivity index (χ1) is 9.11. The average molecular weight is 267 g/mol. The van der Waals surface area contributed by atoms with E-state index in [0.29, 0.717) is 18.7 Å². The molecule has 0 spiro atoms. The lowest BCUT2D eigenvalue weighted by Crippen LogP contribution is -2.53. The van der Waals surface area contributed by atoms with E-state index in [-0.39, 0.29) is 17.9 Å². The Hall–Kier alpha value is -1.85. The summed E-state index contributed by atoms with van der Waals surface area (Å²) in [5.41, 5.74) is 0.387. The molecule has 2 heterocycles. The van der Waals surface area contributed by atoms with Crippen LogP contribution in [0.1, 0.15) is 20.8 Å². The fourth-order valence-corrected chi connectivity index (χ4v) is 2.04. The summed E-state index contributed by atoms with van der Waals surface area (Å²) in [6, 6.07) is -0.116. The Labute approximate surface area is 113 Å². The van der Waals surface area contributed by atoms with Crippen LogP contribution in [0.5, 0.6) is 0 Å². The minimum atomic E-state index is -0.437. The highest BCUT2D eigenvalue weighted by molar-refractivity contribution is 6.03. The zero-order chi connectivity index (χ0) is 14.4. The molecule has 2 aliphatic rings. The zero-order valence-corrected chi connectivity index (χ0v) is 11.8. The smallest absolute Gasteiger partial charge is 0.334 e. The standard InChI is InChI=1S/C11H15N3O3.C2H6/c1-3-17-11(16)7-4-10(15)13-9-6-14(2)12-5-8(7)9;1-2/h4-5,8-9H,3,6H2,1-2H3,(H,13,15);1-2H3. The van der Waals surface area contributed by atoms with Crippen LogP contribution < -0.4 is 5.32 Å². The van der Waals surface area contributed by atoms with Crippen molar-refractivity contribution in [1.29, 1.82) is 0 Å². The van der Waals surface area contributed by atoms with Crippen molar-refractivity contribution in [3.05, 3.63) is 11.6 Å². The van der Waals surface area contributed by atoms with Gasteiger partial charge in [-0.25, -0.2) is 4.79 Å². The number of esters is 1. The molecule has 0 saturated carbocycles. The van der Waals surface area contributed by atoms with E-state index in [2.05, 4.69) is 10.4 Å². The van der Waals surface area contributed by atoms with E-state index < -0.39 is 5.97 Å². The molecule has 1 amide bonds. The number of carbonyl (C=O) groups excluding carboxylic acids is 2. The lowest BCUT2D eigenvalue weighted by molar-refractivity contribution is -0.139. The molecule has 0 aromatic carbocycles. The van der Waals surface area contributed by atoms with Crippen molar-refractivity contribution in [3.63, 3.8) is 0 Å². The summed E-state index contributed by atoms with van der Waals surface area (Å²) in [5, 5.41) is 8.69. The highest BCUT2D eigenvalue weighted by Crippen LogP contribution is 2.22. The molecular weight excluding hydrogens is 246 g/mol. The van der Waals surface area contributed by atoms with Crippen LogP contribution in [-0.4, -0.2) is 49.3 Å². The highest BCUT2D eigenvalue weighted by atomic mass is 16.5. The van der Waals surface area contributed by atoms with Gasteiger partial charge in [-0.3, -0.25) is 9.80 Å².